The Morgan fingerprint density at radius 1 is 1.24 bits per heavy atom. The maximum absolute atomic E-state index is 6.18. The Bertz CT molecular complexity index is 501. The standard InChI is InChI=1S/C16H30N4O/c1-11(17)8-13-12(2)18-19(7)14(13)20-9-15(3,4)21-16(5,6)10-20/h11H,8-10,17H2,1-7H3. The molecule has 0 amide bonds. The largest absolute Gasteiger partial charge is 0.366 e. The van der Waals surface area contributed by atoms with E-state index in [9.17, 15) is 0 Å². The lowest BCUT2D eigenvalue weighted by atomic mass is 9.98. The first-order valence-corrected chi connectivity index (χ1v) is 7.74. The average molecular weight is 294 g/mol. The van der Waals surface area contributed by atoms with E-state index in [1.165, 1.54) is 11.4 Å². The Labute approximate surface area is 128 Å². The molecule has 1 saturated heterocycles. The normalized spacial score (nSPS) is 22.4. The van der Waals surface area contributed by atoms with E-state index >= 15 is 0 Å². The van der Waals surface area contributed by atoms with E-state index in [1.807, 2.05) is 18.7 Å². The molecule has 0 saturated carbocycles. The molecule has 1 atom stereocenters. The van der Waals surface area contributed by atoms with Crippen molar-refractivity contribution in [1.82, 2.24) is 9.78 Å². The molecule has 2 heterocycles. The summed E-state index contributed by atoms with van der Waals surface area (Å²) in [5.41, 5.74) is 8.02. The van der Waals surface area contributed by atoms with Crippen LogP contribution in [-0.4, -0.2) is 40.1 Å². The highest BCUT2D eigenvalue weighted by atomic mass is 16.5. The molecule has 1 fully saturated rings. The van der Waals surface area contributed by atoms with Gasteiger partial charge in [0.25, 0.3) is 0 Å². The molecule has 0 bridgehead atoms. The third-order valence-corrected chi connectivity index (χ3v) is 3.83. The molecular weight excluding hydrogens is 264 g/mol. The SMILES string of the molecule is Cc1nn(C)c(N2CC(C)(C)OC(C)(C)C2)c1CC(C)N. The minimum absolute atomic E-state index is 0.133. The van der Waals surface area contributed by atoms with Gasteiger partial charge < -0.3 is 15.4 Å². The molecule has 1 aliphatic heterocycles. The molecule has 0 aliphatic carbocycles. The average Bonchev–Trinajstić information content (AvgIpc) is 2.48. The van der Waals surface area contributed by atoms with Gasteiger partial charge in [0, 0.05) is 31.7 Å². The van der Waals surface area contributed by atoms with Crippen molar-refractivity contribution in [2.24, 2.45) is 12.8 Å². The van der Waals surface area contributed by atoms with Crippen LogP contribution in [0.3, 0.4) is 0 Å². The molecule has 1 aromatic rings. The van der Waals surface area contributed by atoms with Crippen molar-refractivity contribution in [2.75, 3.05) is 18.0 Å². The first-order chi connectivity index (χ1) is 9.51. The number of anilines is 1. The molecule has 1 aromatic heterocycles. The highest BCUT2D eigenvalue weighted by Gasteiger charge is 2.39. The molecular formula is C16H30N4O. The summed E-state index contributed by atoms with van der Waals surface area (Å²) in [4.78, 5) is 2.40. The molecule has 120 valence electrons. The summed E-state index contributed by atoms with van der Waals surface area (Å²) in [6.45, 7) is 14.4. The fourth-order valence-electron chi connectivity index (χ4n) is 3.58. The fraction of sp³-hybridized carbons (Fsp3) is 0.812. The first-order valence-electron chi connectivity index (χ1n) is 7.74. The second-order valence-electron chi connectivity index (χ2n) is 7.67. The number of morpholine rings is 1. The zero-order valence-electron chi connectivity index (χ0n) is 14.5. The maximum Gasteiger partial charge on any atom is 0.130 e. The van der Waals surface area contributed by atoms with Crippen LogP contribution >= 0.6 is 0 Å². The Balaban J connectivity index is 2.41. The lowest BCUT2D eigenvalue weighted by molar-refractivity contribution is -0.133. The molecule has 0 aromatic carbocycles. The van der Waals surface area contributed by atoms with E-state index in [1.54, 1.807) is 0 Å². The van der Waals surface area contributed by atoms with Crippen LogP contribution < -0.4 is 10.6 Å². The lowest BCUT2D eigenvalue weighted by Gasteiger charge is -2.48. The van der Waals surface area contributed by atoms with Gasteiger partial charge in [0.1, 0.15) is 5.82 Å². The summed E-state index contributed by atoms with van der Waals surface area (Å²) in [6.07, 6.45) is 0.854. The summed E-state index contributed by atoms with van der Waals surface area (Å²) >= 11 is 0. The van der Waals surface area contributed by atoms with Crippen LogP contribution in [0.25, 0.3) is 0 Å². The number of nitrogens with zero attached hydrogens (tertiary/aromatic N) is 3. The van der Waals surface area contributed by atoms with E-state index in [0.717, 1.165) is 25.2 Å². The molecule has 5 nitrogen and oxygen atoms in total. The number of ether oxygens (including phenoxy) is 1. The van der Waals surface area contributed by atoms with Gasteiger partial charge in [-0.05, 0) is 48.0 Å². The smallest absolute Gasteiger partial charge is 0.130 e. The quantitative estimate of drug-likeness (QED) is 0.926. The lowest BCUT2D eigenvalue weighted by Crippen LogP contribution is -2.57. The van der Waals surface area contributed by atoms with Crippen molar-refractivity contribution in [3.8, 4) is 0 Å². The third kappa shape index (κ3) is 3.58. The Morgan fingerprint density at radius 2 is 1.76 bits per heavy atom. The van der Waals surface area contributed by atoms with Crippen molar-refractivity contribution in [1.29, 1.82) is 0 Å². The van der Waals surface area contributed by atoms with Crippen molar-refractivity contribution < 1.29 is 4.74 Å². The molecule has 0 spiro atoms. The third-order valence-electron chi connectivity index (χ3n) is 3.83. The van der Waals surface area contributed by atoms with E-state index < -0.39 is 0 Å². The Morgan fingerprint density at radius 3 is 2.24 bits per heavy atom. The fourth-order valence-corrected chi connectivity index (χ4v) is 3.58. The Hall–Kier alpha value is -1.07. The predicted octanol–water partition coefficient (Wildman–Crippen LogP) is 2.01. The summed E-state index contributed by atoms with van der Waals surface area (Å²) in [5.74, 6) is 1.19. The van der Waals surface area contributed by atoms with Crippen molar-refractivity contribution in [2.45, 2.75) is 65.2 Å². The van der Waals surface area contributed by atoms with Crippen LogP contribution in [0.5, 0.6) is 0 Å². The summed E-state index contributed by atoms with van der Waals surface area (Å²) in [5, 5.41) is 4.61. The molecule has 5 heteroatoms. The molecule has 1 unspecified atom stereocenters. The maximum atomic E-state index is 6.18. The van der Waals surface area contributed by atoms with Gasteiger partial charge >= 0.3 is 0 Å². The number of hydrogen-bond donors (Lipinski definition) is 1. The Kier molecular flexibility index (Phi) is 4.10. The van der Waals surface area contributed by atoms with Gasteiger partial charge in [-0.1, -0.05) is 0 Å². The highest BCUT2D eigenvalue weighted by Crippen LogP contribution is 2.34. The number of aromatic nitrogens is 2. The van der Waals surface area contributed by atoms with E-state index in [2.05, 4.69) is 44.6 Å². The molecule has 21 heavy (non-hydrogen) atoms. The minimum atomic E-state index is -0.175. The van der Waals surface area contributed by atoms with Crippen molar-refractivity contribution >= 4 is 5.82 Å². The first kappa shape index (κ1) is 16.3. The number of hydrogen-bond acceptors (Lipinski definition) is 4. The van der Waals surface area contributed by atoms with E-state index in [0.29, 0.717) is 0 Å². The van der Waals surface area contributed by atoms with Crippen LogP contribution in [0.2, 0.25) is 0 Å². The summed E-state index contributed by atoms with van der Waals surface area (Å²) in [7, 11) is 2.02. The van der Waals surface area contributed by atoms with Gasteiger partial charge in [0.05, 0.1) is 16.9 Å². The van der Waals surface area contributed by atoms with Gasteiger partial charge in [-0.15, -0.1) is 0 Å². The van der Waals surface area contributed by atoms with Crippen molar-refractivity contribution in [3.63, 3.8) is 0 Å². The molecule has 2 rings (SSSR count). The topological polar surface area (TPSA) is 56.3 Å². The predicted molar refractivity (Wildman–Crippen MR) is 86.8 cm³/mol. The summed E-state index contributed by atoms with van der Waals surface area (Å²) < 4.78 is 8.18. The monoisotopic (exact) mass is 294 g/mol. The van der Waals surface area contributed by atoms with Gasteiger partial charge in [0.2, 0.25) is 0 Å². The number of nitrogens with two attached hydrogens (primary N) is 1. The molecule has 0 radical (unpaired) electrons. The molecule has 1 aliphatic rings. The minimum Gasteiger partial charge on any atom is -0.366 e. The van der Waals surface area contributed by atoms with Gasteiger partial charge in [-0.2, -0.15) is 5.10 Å². The number of rotatable bonds is 3. The van der Waals surface area contributed by atoms with Crippen LogP contribution in [0.4, 0.5) is 5.82 Å². The second-order valence-corrected chi connectivity index (χ2v) is 7.67. The van der Waals surface area contributed by atoms with Crippen molar-refractivity contribution in [3.05, 3.63) is 11.3 Å². The van der Waals surface area contributed by atoms with E-state index in [4.69, 9.17) is 10.5 Å². The van der Waals surface area contributed by atoms with Crippen LogP contribution in [0, 0.1) is 6.92 Å². The van der Waals surface area contributed by atoms with Crippen LogP contribution in [-0.2, 0) is 18.2 Å². The van der Waals surface area contributed by atoms with E-state index in [-0.39, 0.29) is 17.2 Å². The van der Waals surface area contributed by atoms with Gasteiger partial charge in [0.15, 0.2) is 0 Å². The zero-order chi connectivity index (χ0) is 16.0. The molecule has 2 N–H and O–H groups in total. The highest BCUT2D eigenvalue weighted by molar-refractivity contribution is 5.51. The zero-order valence-corrected chi connectivity index (χ0v) is 14.5. The van der Waals surface area contributed by atoms with Gasteiger partial charge in [-0.25, -0.2) is 0 Å². The number of aryl methyl sites for hydroxylation is 2. The second kappa shape index (κ2) is 5.29. The van der Waals surface area contributed by atoms with Gasteiger partial charge in [-0.3, -0.25) is 4.68 Å². The summed E-state index contributed by atoms with van der Waals surface area (Å²) in [6, 6.07) is 0.133. The van der Waals surface area contributed by atoms with Crippen LogP contribution in [0.15, 0.2) is 0 Å². The van der Waals surface area contributed by atoms with Crippen LogP contribution in [0.1, 0.15) is 45.9 Å².